The molecule has 0 unspecified atom stereocenters. The van der Waals surface area contributed by atoms with E-state index in [1.54, 1.807) is 6.20 Å². The molecule has 0 aliphatic heterocycles. The minimum absolute atomic E-state index is 0.281. The number of nitrogen functional groups attached to an aromatic ring is 1. The van der Waals surface area contributed by atoms with Crippen molar-refractivity contribution in [3.05, 3.63) is 17.8 Å². The summed E-state index contributed by atoms with van der Waals surface area (Å²) >= 11 is 0. The lowest BCUT2D eigenvalue weighted by Crippen LogP contribution is -2.25. The predicted octanol–water partition coefficient (Wildman–Crippen LogP) is 3.46. The lowest BCUT2D eigenvalue weighted by atomic mass is 9.84. The van der Waals surface area contributed by atoms with Gasteiger partial charge in [0.25, 0.3) is 0 Å². The van der Waals surface area contributed by atoms with Gasteiger partial charge in [0.15, 0.2) is 0 Å². The molecule has 1 heterocycles. The molecule has 0 saturated carbocycles. The zero-order valence-electron chi connectivity index (χ0n) is 11.7. The minimum atomic E-state index is 0.281. The van der Waals surface area contributed by atoms with E-state index in [-0.39, 0.29) is 5.41 Å². The van der Waals surface area contributed by atoms with Crippen LogP contribution >= 0.6 is 0 Å². The highest BCUT2D eigenvalue weighted by Crippen LogP contribution is 2.26. The third-order valence-electron chi connectivity index (χ3n) is 2.79. The van der Waals surface area contributed by atoms with Crippen molar-refractivity contribution in [1.29, 1.82) is 0 Å². The third-order valence-corrected chi connectivity index (χ3v) is 2.79. The summed E-state index contributed by atoms with van der Waals surface area (Å²) in [5.41, 5.74) is 7.79. The van der Waals surface area contributed by atoms with E-state index in [1.807, 2.05) is 13.0 Å². The fourth-order valence-corrected chi connectivity index (χ4v) is 2.28. The molecule has 0 fully saturated rings. The molecule has 0 spiro atoms. The van der Waals surface area contributed by atoms with E-state index in [0.29, 0.717) is 5.92 Å². The molecule has 0 aliphatic carbocycles. The summed E-state index contributed by atoms with van der Waals surface area (Å²) in [4.78, 5) is 4.32. The number of aryl methyl sites for hydroxylation is 1. The number of hydrogen-bond acceptors (Lipinski definition) is 3. The number of nitrogens with zero attached hydrogens (tertiary/aromatic N) is 1. The van der Waals surface area contributed by atoms with Crippen molar-refractivity contribution in [2.45, 2.75) is 41.0 Å². The van der Waals surface area contributed by atoms with Gasteiger partial charge in [0.1, 0.15) is 5.82 Å². The number of nitrogens with one attached hydrogen (secondary N) is 1. The molecule has 3 N–H and O–H groups in total. The van der Waals surface area contributed by atoms with Gasteiger partial charge >= 0.3 is 0 Å². The number of rotatable bonds is 5. The molecule has 0 saturated heterocycles. The van der Waals surface area contributed by atoms with Crippen molar-refractivity contribution in [1.82, 2.24) is 4.98 Å². The smallest absolute Gasteiger partial charge is 0.129 e. The van der Waals surface area contributed by atoms with Gasteiger partial charge in [-0.05, 0) is 36.3 Å². The molecule has 1 rings (SSSR count). The summed E-state index contributed by atoms with van der Waals surface area (Å²) < 4.78 is 0. The molecule has 3 nitrogen and oxygen atoms in total. The molecule has 1 aromatic rings. The first kappa shape index (κ1) is 13.8. The summed E-state index contributed by atoms with van der Waals surface area (Å²) in [5.74, 6) is 1.66. The van der Waals surface area contributed by atoms with Gasteiger partial charge in [0, 0.05) is 6.54 Å². The molecule has 17 heavy (non-hydrogen) atoms. The average molecular weight is 235 g/mol. The molecule has 0 atom stereocenters. The summed E-state index contributed by atoms with van der Waals surface area (Å²) in [6.07, 6.45) is 2.90. The van der Waals surface area contributed by atoms with E-state index in [4.69, 9.17) is 5.73 Å². The maximum absolute atomic E-state index is 5.69. The van der Waals surface area contributed by atoms with Crippen LogP contribution in [0.15, 0.2) is 12.3 Å². The Morgan fingerprint density at radius 1 is 1.41 bits per heavy atom. The maximum atomic E-state index is 5.69. The van der Waals surface area contributed by atoms with Gasteiger partial charge in [0.05, 0.1) is 11.9 Å². The maximum Gasteiger partial charge on any atom is 0.129 e. The first-order valence-electron chi connectivity index (χ1n) is 6.26. The first-order valence-corrected chi connectivity index (χ1v) is 6.26. The fraction of sp³-hybridized carbons (Fsp3) is 0.643. The fourth-order valence-electron chi connectivity index (χ4n) is 2.28. The van der Waals surface area contributed by atoms with Crippen LogP contribution in [-0.2, 0) is 0 Å². The van der Waals surface area contributed by atoms with E-state index in [1.165, 1.54) is 6.42 Å². The molecule has 96 valence electrons. The molecule has 1 aromatic heterocycles. The topological polar surface area (TPSA) is 50.9 Å². The minimum Gasteiger partial charge on any atom is -0.397 e. The molecule has 0 amide bonds. The number of hydrogen-bond donors (Lipinski definition) is 2. The molecule has 3 heteroatoms. The van der Waals surface area contributed by atoms with E-state index in [0.717, 1.165) is 23.6 Å². The Hall–Kier alpha value is -1.25. The largest absolute Gasteiger partial charge is 0.397 e. The first-order chi connectivity index (χ1) is 7.80. The second kappa shape index (κ2) is 5.39. The summed E-state index contributed by atoms with van der Waals surface area (Å²) in [7, 11) is 0. The van der Waals surface area contributed by atoms with Gasteiger partial charge < -0.3 is 11.1 Å². The zero-order chi connectivity index (χ0) is 13.1. The number of anilines is 2. The van der Waals surface area contributed by atoms with Crippen LogP contribution in [0.3, 0.4) is 0 Å². The van der Waals surface area contributed by atoms with E-state index < -0.39 is 0 Å². The Kier molecular flexibility index (Phi) is 4.38. The monoisotopic (exact) mass is 235 g/mol. The van der Waals surface area contributed by atoms with E-state index in [2.05, 4.69) is 38.0 Å². The van der Waals surface area contributed by atoms with Crippen molar-refractivity contribution in [3.63, 3.8) is 0 Å². The van der Waals surface area contributed by atoms with Gasteiger partial charge in [-0.2, -0.15) is 0 Å². The van der Waals surface area contributed by atoms with Gasteiger partial charge in [0.2, 0.25) is 0 Å². The zero-order valence-corrected chi connectivity index (χ0v) is 11.7. The highest BCUT2D eigenvalue weighted by atomic mass is 15.0. The SMILES string of the molecule is Cc1cc(N)cnc1NCC(C)(C)CC(C)C. The van der Waals surface area contributed by atoms with Crippen molar-refractivity contribution in [3.8, 4) is 0 Å². The van der Waals surface area contributed by atoms with Crippen molar-refractivity contribution in [2.24, 2.45) is 11.3 Å². The standard InChI is InChI=1S/C14H25N3/c1-10(2)7-14(4,5)9-17-13-11(3)6-12(15)8-16-13/h6,8,10H,7,9,15H2,1-5H3,(H,16,17). The van der Waals surface area contributed by atoms with Crippen LogP contribution in [0, 0.1) is 18.3 Å². The summed E-state index contributed by atoms with van der Waals surface area (Å²) in [5, 5.41) is 3.42. The van der Waals surface area contributed by atoms with Crippen LogP contribution < -0.4 is 11.1 Å². The van der Waals surface area contributed by atoms with Crippen LogP contribution in [0.5, 0.6) is 0 Å². The Labute approximate surface area is 105 Å². The van der Waals surface area contributed by atoms with E-state index in [9.17, 15) is 0 Å². The summed E-state index contributed by atoms with van der Waals surface area (Å²) in [6, 6.07) is 1.95. The average Bonchev–Trinajstić information content (AvgIpc) is 2.14. The third kappa shape index (κ3) is 4.63. The molecular weight excluding hydrogens is 210 g/mol. The normalized spacial score (nSPS) is 11.9. The summed E-state index contributed by atoms with van der Waals surface area (Å²) in [6.45, 7) is 12.0. The number of aromatic nitrogens is 1. The van der Waals surface area contributed by atoms with Gasteiger partial charge in [-0.25, -0.2) is 4.98 Å². The second-order valence-electron chi connectivity index (χ2n) is 6.05. The van der Waals surface area contributed by atoms with Crippen molar-refractivity contribution >= 4 is 11.5 Å². The van der Waals surface area contributed by atoms with Crippen LogP contribution in [0.4, 0.5) is 11.5 Å². The van der Waals surface area contributed by atoms with Crippen LogP contribution in [0.1, 0.15) is 39.7 Å². The highest BCUT2D eigenvalue weighted by Gasteiger charge is 2.19. The van der Waals surface area contributed by atoms with Crippen LogP contribution in [0.2, 0.25) is 0 Å². The quantitative estimate of drug-likeness (QED) is 0.821. The van der Waals surface area contributed by atoms with Crippen LogP contribution in [0.25, 0.3) is 0 Å². The Bertz CT molecular complexity index is 370. The number of pyridine rings is 1. The Morgan fingerprint density at radius 3 is 2.59 bits per heavy atom. The van der Waals surface area contributed by atoms with Gasteiger partial charge in [-0.3, -0.25) is 0 Å². The van der Waals surface area contributed by atoms with E-state index >= 15 is 0 Å². The van der Waals surface area contributed by atoms with Crippen molar-refractivity contribution in [2.75, 3.05) is 17.6 Å². The predicted molar refractivity (Wildman–Crippen MR) is 75.1 cm³/mol. The lowest BCUT2D eigenvalue weighted by Gasteiger charge is -2.27. The Morgan fingerprint density at radius 2 is 2.06 bits per heavy atom. The van der Waals surface area contributed by atoms with Gasteiger partial charge in [-0.15, -0.1) is 0 Å². The van der Waals surface area contributed by atoms with Gasteiger partial charge in [-0.1, -0.05) is 27.7 Å². The van der Waals surface area contributed by atoms with Crippen LogP contribution in [-0.4, -0.2) is 11.5 Å². The van der Waals surface area contributed by atoms with Crippen molar-refractivity contribution < 1.29 is 0 Å². The highest BCUT2D eigenvalue weighted by molar-refractivity contribution is 5.50. The second-order valence-corrected chi connectivity index (χ2v) is 6.05. The lowest BCUT2D eigenvalue weighted by molar-refractivity contribution is 0.306. The Balaban J connectivity index is 2.61. The number of nitrogens with two attached hydrogens (primary N) is 1. The molecule has 0 aliphatic rings. The molecule has 0 radical (unpaired) electrons. The molecule has 0 bridgehead atoms. The molecule has 0 aromatic carbocycles. The molecular formula is C14H25N3.